The number of pyridine rings is 1. The maximum atomic E-state index is 13.2. The normalized spacial score (nSPS) is 13.4. The van der Waals surface area contributed by atoms with Crippen LogP contribution in [0.4, 0.5) is 0 Å². The number of ether oxygens (including phenoxy) is 1. The molecule has 5 heterocycles. The van der Waals surface area contributed by atoms with Crippen molar-refractivity contribution in [2.24, 2.45) is 0 Å². The Balaban J connectivity index is 1.52. The van der Waals surface area contributed by atoms with Gasteiger partial charge in [0, 0.05) is 19.3 Å². The van der Waals surface area contributed by atoms with Crippen LogP contribution in [0, 0.1) is 6.92 Å². The van der Waals surface area contributed by atoms with Crippen LogP contribution in [0.3, 0.4) is 0 Å². The maximum Gasteiger partial charge on any atom is 0.295 e. The molecule has 31 heavy (non-hydrogen) atoms. The number of aryl methyl sites for hydroxylation is 1. The predicted molar refractivity (Wildman–Crippen MR) is 107 cm³/mol. The lowest BCUT2D eigenvalue weighted by Gasteiger charge is -2.27. The van der Waals surface area contributed by atoms with Gasteiger partial charge in [0.05, 0.1) is 42.0 Å². The molecule has 13 heteroatoms. The van der Waals surface area contributed by atoms with Gasteiger partial charge in [-0.3, -0.25) is 9.59 Å². The average Bonchev–Trinajstić information content (AvgIpc) is 3.50. The van der Waals surface area contributed by atoms with E-state index >= 15 is 0 Å². The van der Waals surface area contributed by atoms with E-state index in [2.05, 4.69) is 30.2 Å². The number of hydrogen-bond donors (Lipinski definition) is 1. The van der Waals surface area contributed by atoms with E-state index in [1.54, 1.807) is 11.5 Å². The molecule has 0 atom stereocenters. The van der Waals surface area contributed by atoms with Crippen LogP contribution in [0.15, 0.2) is 18.7 Å². The van der Waals surface area contributed by atoms with Gasteiger partial charge in [0.25, 0.3) is 11.7 Å². The number of fused-ring (bicyclic) bond motifs is 2. The zero-order valence-corrected chi connectivity index (χ0v) is 16.7. The van der Waals surface area contributed by atoms with Gasteiger partial charge in [-0.2, -0.15) is 5.10 Å². The summed E-state index contributed by atoms with van der Waals surface area (Å²) in [6.07, 6.45) is 4.48. The molecular formula is C18H16BN9O3. The molecule has 0 fully saturated rings. The lowest BCUT2D eigenvalue weighted by molar-refractivity contribution is -0.127. The SMILES string of the molecule is [B]c1nnc2n1CCN(C(=O)C(=O)c1c[nH]c3c(-n4cnc(C)n4)ncc(OC)c13)C2. The minimum absolute atomic E-state index is 0.152. The van der Waals surface area contributed by atoms with E-state index in [-0.39, 0.29) is 17.8 Å². The van der Waals surface area contributed by atoms with Crippen LogP contribution in [0.1, 0.15) is 22.0 Å². The van der Waals surface area contributed by atoms with Crippen molar-refractivity contribution >= 4 is 36.2 Å². The van der Waals surface area contributed by atoms with Crippen LogP contribution in [0.5, 0.6) is 5.75 Å². The molecule has 0 spiro atoms. The van der Waals surface area contributed by atoms with Crippen molar-refractivity contribution in [1.29, 1.82) is 0 Å². The summed E-state index contributed by atoms with van der Waals surface area (Å²) in [4.78, 5) is 39.1. The van der Waals surface area contributed by atoms with E-state index in [0.29, 0.717) is 47.2 Å². The molecule has 0 bridgehead atoms. The Morgan fingerprint density at radius 3 is 2.81 bits per heavy atom. The van der Waals surface area contributed by atoms with E-state index in [1.807, 2.05) is 0 Å². The van der Waals surface area contributed by atoms with E-state index in [0.717, 1.165) is 0 Å². The van der Waals surface area contributed by atoms with Gasteiger partial charge in [0.1, 0.15) is 17.9 Å². The Hall–Kier alpha value is -4.03. The highest BCUT2D eigenvalue weighted by molar-refractivity contribution is 6.45. The zero-order valence-electron chi connectivity index (χ0n) is 16.7. The number of carbonyl (C=O) groups is 2. The van der Waals surface area contributed by atoms with Gasteiger partial charge in [-0.1, -0.05) is 0 Å². The van der Waals surface area contributed by atoms with Crippen molar-refractivity contribution in [3.8, 4) is 11.6 Å². The molecule has 1 aliphatic rings. The molecule has 2 radical (unpaired) electrons. The van der Waals surface area contributed by atoms with Gasteiger partial charge in [-0.05, 0) is 6.92 Å². The molecule has 0 saturated carbocycles. The molecule has 1 N–H and O–H groups in total. The number of rotatable bonds is 4. The summed E-state index contributed by atoms with van der Waals surface area (Å²) in [5, 5.41) is 12.5. The van der Waals surface area contributed by atoms with Crippen molar-refractivity contribution in [3.05, 3.63) is 35.9 Å². The second kappa shape index (κ2) is 7.04. The smallest absolute Gasteiger partial charge is 0.295 e. The molecule has 154 valence electrons. The summed E-state index contributed by atoms with van der Waals surface area (Å²) in [5.41, 5.74) is 0.980. The summed E-state index contributed by atoms with van der Waals surface area (Å²) in [6.45, 7) is 2.65. The number of Topliss-reactive ketones (excluding diaryl/α,β-unsaturated/α-hetero) is 1. The minimum atomic E-state index is -0.669. The van der Waals surface area contributed by atoms with E-state index < -0.39 is 11.7 Å². The van der Waals surface area contributed by atoms with Crippen LogP contribution in [0.25, 0.3) is 16.7 Å². The number of amides is 1. The molecule has 1 amide bonds. The molecule has 0 unspecified atom stereocenters. The minimum Gasteiger partial charge on any atom is -0.494 e. The first-order chi connectivity index (χ1) is 15.0. The van der Waals surface area contributed by atoms with E-state index in [1.165, 1.54) is 35.4 Å². The fraction of sp³-hybridized carbons (Fsp3) is 0.278. The number of hydrogen-bond acceptors (Lipinski definition) is 8. The molecule has 12 nitrogen and oxygen atoms in total. The summed E-state index contributed by atoms with van der Waals surface area (Å²) in [5.74, 6) is 0.587. The largest absolute Gasteiger partial charge is 0.494 e. The number of carbonyl (C=O) groups excluding carboxylic acids is 2. The number of nitrogens with one attached hydrogen (secondary N) is 1. The maximum absolute atomic E-state index is 13.2. The number of nitrogens with zero attached hydrogens (tertiary/aromatic N) is 8. The van der Waals surface area contributed by atoms with Crippen molar-refractivity contribution in [2.75, 3.05) is 13.7 Å². The summed E-state index contributed by atoms with van der Waals surface area (Å²) < 4.78 is 8.62. The number of methoxy groups -OCH3 is 1. The van der Waals surface area contributed by atoms with Crippen molar-refractivity contribution < 1.29 is 14.3 Å². The second-order valence-electron chi connectivity index (χ2n) is 7.02. The first-order valence-corrected chi connectivity index (χ1v) is 9.41. The summed E-state index contributed by atoms with van der Waals surface area (Å²) >= 11 is 0. The lowest BCUT2D eigenvalue weighted by Crippen LogP contribution is -2.43. The average molecular weight is 417 g/mol. The Kier molecular flexibility index (Phi) is 4.31. The Morgan fingerprint density at radius 1 is 1.23 bits per heavy atom. The third-order valence-corrected chi connectivity index (χ3v) is 5.21. The van der Waals surface area contributed by atoms with Gasteiger partial charge in [0.15, 0.2) is 19.5 Å². The number of aromatic nitrogens is 8. The standard InChI is InChI=1S/C18H16BN9O3/c1-9-22-8-28(25-9)16-14-13(11(31-2)6-21-16)10(5-20-14)15(29)17(30)26-3-4-27-12(7-26)23-24-18(27)19/h5-6,8,20H,3-4,7H2,1-2H3. The molecule has 0 saturated heterocycles. The Labute approximate surface area is 176 Å². The second-order valence-corrected chi connectivity index (χ2v) is 7.02. The van der Waals surface area contributed by atoms with Gasteiger partial charge < -0.3 is 19.2 Å². The molecule has 4 aromatic rings. The third kappa shape index (κ3) is 2.96. The highest BCUT2D eigenvalue weighted by Gasteiger charge is 2.31. The molecule has 0 aromatic carbocycles. The third-order valence-electron chi connectivity index (χ3n) is 5.21. The molecular weight excluding hydrogens is 401 g/mol. The lowest BCUT2D eigenvalue weighted by atomic mass is 10.1. The van der Waals surface area contributed by atoms with Crippen LogP contribution in [0.2, 0.25) is 0 Å². The number of aromatic amines is 1. The molecule has 1 aliphatic heterocycles. The van der Waals surface area contributed by atoms with E-state index in [9.17, 15) is 9.59 Å². The number of ketones is 1. The van der Waals surface area contributed by atoms with Gasteiger partial charge >= 0.3 is 0 Å². The monoisotopic (exact) mass is 417 g/mol. The van der Waals surface area contributed by atoms with Crippen molar-refractivity contribution in [3.63, 3.8) is 0 Å². The van der Waals surface area contributed by atoms with Crippen LogP contribution in [-0.2, 0) is 17.9 Å². The van der Waals surface area contributed by atoms with Crippen LogP contribution < -0.4 is 10.5 Å². The Morgan fingerprint density at radius 2 is 2.06 bits per heavy atom. The Bertz CT molecular complexity index is 1340. The van der Waals surface area contributed by atoms with Gasteiger partial charge in [-0.25, -0.2) is 14.6 Å². The molecule has 0 aliphatic carbocycles. The van der Waals surface area contributed by atoms with Crippen molar-refractivity contribution in [1.82, 2.24) is 44.4 Å². The van der Waals surface area contributed by atoms with Gasteiger partial charge in [-0.15, -0.1) is 10.2 Å². The number of H-pyrrole nitrogens is 1. The van der Waals surface area contributed by atoms with E-state index in [4.69, 9.17) is 12.6 Å². The molecule has 4 aromatic heterocycles. The first-order valence-electron chi connectivity index (χ1n) is 9.41. The quantitative estimate of drug-likeness (QED) is 0.256. The summed E-state index contributed by atoms with van der Waals surface area (Å²) in [7, 11) is 7.23. The predicted octanol–water partition coefficient (Wildman–Crippen LogP) is -0.929. The van der Waals surface area contributed by atoms with Crippen molar-refractivity contribution in [2.45, 2.75) is 20.0 Å². The van der Waals surface area contributed by atoms with Crippen LogP contribution in [-0.4, -0.2) is 77.6 Å². The van der Waals surface area contributed by atoms with Gasteiger partial charge in [0.2, 0.25) is 0 Å². The fourth-order valence-electron chi connectivity index (χ4n) is 3.67. The topological polar surface area (TPSA) is 137 Å². The fourth-order valence-corrected chi connectivity index (χ4v) is 3.67. The zero-order chi connectivity index (χ0) is 21.7. The highest BCUT2D eigenvalue weighted by atomic mass is 16.5. The summed E-state index contributed by atoms with van der Waals surface area (Å²) in [6, 6.07) is 0. The van der Waals surface area contributed by atoms with Crippen LogP contribution >= 0.6 is 0 Å². The molecule has 5 rings (SSSR count). The highest BCUT2D eigenvalue weighted by Crippen LogP contribution is 2.32. The first kappa shape index (κ1) is 19.0.